The van der Waals surface area contributed by atoms with Crippen molar-refractivity contribution in [2.75, 3.05) is 26.2 Å². The first-order valence-corrected chi connectivity index (χ1v) is 12.1. The molecule has 2 aromatic carbocycles. The quantitative estimate of drug-likeness (QED) is 0.516. The molecule has 1 unspecified atom stereocenters. The van der Waals surface area contributed by atoms with Gasteiger partial charge in [-0.2, -0.15) is 0 Å². The van der Waals surface area contributed by atoms with Gasteiger partial charge in [-0.05, 0) is 100 Å². The Kier molecular flexibility index (Phi) is 6.05. The summed E-state index contributed by atoms with van der Waals surface area (Å²) in [6.07, 6.45) is 5.34. The number of likely N-dealkylation sites (tertiary alicyclic amines) is 2. The lowest BCUT2D eigenvalue weighted by molar-refractivity contribution is 0.181. The van der Waals surface area contributed by atoms with Gasteiger partial charge in [0.2, 0.25) is 0 Å². The van der Waals surface area contributed by atoms with Crippen molar-refractivity contribution >= 4 is 22.6 Å². The standard InChI is InChI=1S/C26H33ClN4/c1-19-14-24-25(15-20(19)2)31(16-21-7-9-22(27)10-8-21)26(28-24)18-30-13-5-6-23(30)17-29-11-3-4-12-29/h7-10,14-15,23H,3-6,11-13,16-18H2,1-2H3. The summed E-state index contributed by atoms with van der Waals surface area (Å²) >= 11 is 6.13. The van der Waals surface area contributed by atoms with E-state index < -0.39 is 0 Å². The fraction of sp³-hybridized carbons (Fsp3) is 0.500. The van der Waals surface area contributed by atoms with Gasteiger partial charge >= 0.3 is 0 Å². The number of benzene rings is 2. The van der Waals surface area contributed by atoms with Gasteiger partial charge in [0.1, 0.15) is 5.82 Å². The van der Waals surface area contributed by atoms with Gasteiger partial charge in [-0.1, -0.05) is 23.7 Å². The monoisotopic (exact) mass is 436 g/mol. The Labute approximate surface area is 190 Å². The van der Waals surface area contributed by atoms with Crippen LogP contribution in [0.1, 0.15) is 48.2 Å². The molecule has 1 aromatic heterocycles. The van der Waals surface area contributed by atoms with Crippen LogP contribution in [0.3, 0.4) is 0 Å². The zero-order valence-corrected chi connectivity index (χ0v) is 19.5. The molecule has 2 aliphatic rings. The van der Waals surface area contributed by atoms with Gasteiger partial charge in [0, 0.05) is 24.2 Å². The first-order valence-electron chi connectivity index (χ1n) is 11.7. The summed E-state index contributed by atoms with van der Waals surface area (Å²) in [5.41, 5.74) is 6.25. The zero-order valence-electron chi connectivity index (χ0n) is 18.8. The fourth-order valence-electron chi connectivity index (χ4n) is 5.25. The summed E-state index contributed by atoms with van der Waals surface area (Å²) in [6.45, 7) is 11.1. The van der Waals surface area contributed by atoms with Crippen LogP contribution in [0.2, 0.25) is 5.02 Å². The first-order chi connectivity index (χ1) is 15.1. The molecule has 0 spiro atoms. The van der Waals surface area contributed by atoms with Crippen LogP contribution in [0.15, 0.2) is 36.4 Å². The van der Waals surface area contributed by atoms with Gasteiger partial charge < -0.3 is 9.47 Å². The number of halogens is 1. The van der Waals surface area contributed by atoms with Crippen molar-refractivity contribution in [3.8, 4) is 0 Å². The zero-order chi connectivity index (χ0) is 21.4. The van der Waals surface area contributed by atoms with E-state index in [1.54, 1.807) is 0 Å². The number of rotatable bonds is 6. The molecule has 164 valence electrons. The van der Waals surface area contributed by atoms with Gasteiger partial charge in [0.05, 0.1) is 17.6 Å². The molecule has 0 saturated carbocycles. The average Bonchev–Trinajstić information content (AvgIpc) is 3.48. The van der Waals surface area contributed by atoms with Crippen LogP contribution in [0, 0.1) is 13.8 Å². The third kappa shape index (κ3) is 4.52. The van der Waals surface area contributed by atoms with Crippen LogP contribution in [-0.4, -0.2) is 51.6 Å². The number of fused-ring (bicyclic) bond motifs is 1. The number of nitrogens with zero attached hydrogens (tertiary/aromatic N) is 4. The van der Waals surface area contributed by atoms with Crippen molar-refractivity contribution in [3.63, 3.8) is 0 Å². The predicted molar refractivity (Wildman–Crippen MR) is 129 cm³/mol. The van der Waals surface area contributed by atoms with Crippen molar-refractivity contribution < 1.29 is 0 Å². The molecule has 3 heterocycles. The van der Waals surface area contributed by atoms with E-state index >= 15 is 0 Å². The molecule has 4 nitrogen and oxygen atoms in total. The second-order valence-electron chi connectivity index (χ2n) is 9.44. The largest absolute Gasteiger partial charge is 0.322 e. The van der Waals surface area contributed by atoms with Crippen molar-refractivity contribution in [3.05, 3.63) is 63.9 Å². The molecule has 2 aliphatic heterocycles. The molecule has 3 aromatic rings. The highest BCUT2D eigenvalue weighted by Gasteiger charge is 2.29. The van der Waals surface area contributed by atoms with E-state index in [1.807, 2.05) is 12.1 Å². The van der Waals surface area contributed by atoms with E-state index in [1.165, 1.54) is 79.9 Å². The second kappa shape index (κ2) is 8.93. The summed E-state index contributed by atoms with van der Waals surface area (Å²) in [6, 6.07) is 13.4. The maximum absolute atomic E-state index is 6.13. The minimum Gasteiger partial charge on any atom is -0.322 e. The molecule has 5 heteroatoms. The minimum atomic E-state index is 0.658. The Balaban J connectivity index is 1.45. The van der Waals surface area contributed by atoms with Crippen LogP contribution in [-0.2, 0) is 13.1 Å². The molecular weight excluding hydrogens is 404 g/mol. The van der Waals surface area contributed by atoms with Crippen molar-refractivity contribution in [2.45, 2.75) is 58.7 Å². The van der Waals surface area contributed by atoms with E-state index in [2.05, 4.69) is 52.5 Å². The van der Waals surface area contributed by atoms with E-state index in [4.69, 9.17) is 16.6 Å². The van der Waals surface area contributed by atoms with E-state index in [9.17, 15) is 0 Å². The van der Waals surface area contributed by atoms with Gasteiger partial charge in [-0.25, -0.2) is 4.98 Å². The van der Waals surface area contributed by atoms with E-state index in [0.717, 1.165) is 23.6 Å². The highest BCUT2D eigenvalue weighted by molar-refractivity contribution is 6.30. The van der Waals surface area contributed by atoms with Crippen LogP contribution in [0.4, 0.5) is 0 Å². The summed E-state index contributed by atoms with van der Waals surface area (Å²) in [5.74, 6) is 1.18. The lowest BCUT2D eigenvalue weighted by Gasteiger charge is -2.28. The van der Waals surface area contributed by atoms with Crippen molar-refractivity contribution in [1.29, 1.82) is 0 Å². The van der Waals surface area contributed by atoms with Gasteiger partial charge in [0.25, 0.3) is 0 Å². The van der Waals surface area contributed by atoms with Crippen molar-refractivity contribution in [1.82, 2.24) is 19.4 Å². The molecule has 0 amide bonds. The summed E-state index contributed by atoms with van der Waals surface area (Å²) < 4.78 is 2.43. The molecule has 0 radical (unpaired) electrons. The molecular formula is C26H33ClN4. The number of hydrogen-bond donors (Lipinski definition) is 0. The lowest BCUT2D eigenvalue weighted by Crippen LogP contribution is -2.39. The molecule has 0 bridgehead atoms. The molecule has 0 N–H and O–H groups in total. The fourth-order valence-corrected chi connectivity index (χ4v) is 5.38. The topological polar surface area (TPSA) is 24.3 Å². The van der Waals surface area contributed by atoms with Gasteiger partial charge in [-0.3, -0.25) is 4.90 Å². The molecule has 2 fully saturated rings. The van der Waals surface area contributed by atoms with Gasteiger partial charge in [0.15, 0.2) is 0 Å². The first kappa shape index (κ1) is 21.0. The summed E-state index contributed by atoms with van der Waals surface area (Å²) in [4.78, 5) is 10.5. The maximum Gasteiger partial charge on any atom is 0.124 e. The Morgan fingerprint density at radius 1 is 0.935 bits per heavy atom. The third-order valence-corrected chi connectivity index (χ3v) is 7.46. The Hall–Kier alpha value is -1.88. The number of imidazole rings is 1. The normalized spacial score (nSPS) is 20.3. The summed E-state index contributed by atoms with van der Waals surface area (Å²) in [7, 11) is 0. The van der Waals surface area contributed by atoms with Crippen molar-refractivity contribution in [2.24, 2.45) is 0 Å². The summed E-state index contributed by atoms with van der Waals surface area (Å²) in [5, 5.41) is 0.785. The van der Waals surface area contributed by atoms with Crippen LogP contribution < -0.4 is 0 Å². The molecule has 0 aliphatic carbocycles. The Morgan fingerprint density at radius 2 is 1.68 bits per heavy atom. The van der Waals surface area contributed by atoms with Crippen LogP contribution >= 0.6 is 11.6 Å². The SMILES string of the molecule is Cc1cc2nc(CN3CCCC3CN3CCCC3)n(Cc3ccc(Cl)cc3)c2cc1C. The lowest BCUT2D eigenvalue weighted by atomic mass is 10.1. The molecule has 2 saturated heterocycles. The van der Waals surface area contributed by atoms with Crippen LogP contribution in [0.5, 0.6) is 0 Å². The highest BCUT2D eigenvalue weighted by Crippen LogP contribution is 2.27. The number of aryl methyl sites for hydroxylation is 2. The minimum absolute atomic E-state index is 0.658. The maximum atomic E-state index is 6.13. The Morgan fingerprint density at radius 3 is 2.45 bits per heavy atom. The van der Waals surface area contributed by atoms with Crippen LogP contribution in [0.25, 0.3) is 11.0 Å². The molecule has 31 heavy (non-hydrogen) atoms. The average molecular weight is 437 g/mol. The second-order valence-corrected chi connectivity index (χ2v) is 9.88. The van der Waals surface area contributed by atoms with Gasteiger partial charge in [-0.15, -0.1) is 0 Å². The predicted octanol–water partition coefficient (Wildman–Crippen LogP) is 5.42. The molecule has 1 atom stereocenters. The van der Waals surface area contributed by atoms with E-state index in [0.29, 0.717) is 6.04 Å². The highest BCUT2D eigenvalue weighted by atomic mass is 35.5. The number of hydrogen-bond acceptors (Lipinski definition) is 3. The van der Waals surface area contributed by atoms with E-state index in [-0.39, 0.29) is 0 Å². The number of aromatic nitrogens is 2. The third-order valence-electron chi connectivity index (χ3n) is 7.21. The Bertz CT molecular complexity index is 1050. The smallest absolute Gasteiger partial charge is 0.124 e. The molecule has 5 rings (SSSR count).